The molecule has 1 aromatic rings. The number of hydrogen-bond acceptors (Lipinski definition) is 5. The van der Waals surface area contributed by atoms with Crippen LogP contribution in [0.1, 0.15) is 44.8 Å². The lowest BCUT2D eigenvalue weighted by Crippen LogP contribution is -2.31. The van der Waals surface area contributed by atoms with Crippen molar-refractivity contribution >= 4 is 5.91 Å². The highest BCUT2D eigenvalue weighted by Gasteiger charge is 2.06. The van der Waals surface area contributed by atoms with Gasteiger partial charge in [0.25, 0.3) is 0 Å². The van der Waals surface area contributed by atoms with Gasteiger partial charge in [-0.05, 0) is 19.4 Å². The Morgan fingerprint density at radius 1 is 1.26 bits per heavy atom. The monoisotopic (exact) mass is 268 g/mol. The fourth-order valence-corrected chi connectivity index (χ4v) is 1.67. The first-order valence-corrected chi connectivity index (χ1v) is 7.05. The second-order valence-electron chi connectivity index (χ2n) is 4.41. The third-order valence-corrected chi connectivity index (χ3v) is 2.65. The molecule has 2 N–H and O–H groups in total. The van der Waals surface area contributed by atoms with E-state index in [2.05, 4.69) is 27.7 Å². The molecule has 1 aromatic heterocycles. The highest BCUT2D eigenvalue weighted by Crippen LogP contribution is 2.04. The van der Waals surface area contributed by atoms with Crippen LogP contribution in [0.3, 0.4) is 0 Å². The minimum absolute atomic E-state index is 0.0752. The molecule has 0 aliphatic heterocycles. The number of nitrogens with zero attached hydrogens (tertiary/aromatic N) is 2. The predicted octanol–water partition coefficient (Wildman–Crippen LogP) is 1.07. The largest absolute Gasteiger partial charge is 0.355 e. The minimum Gasteiger partial charge on any atom is -0.355 e. The number of amides is 1. The van der Waals surface area contributed by atoms with Crippen LogP contribution >= 0.6 is 0 Å². The molecule has 0 spiro atoms. The van der Waals surface area contributed by atoms with Gasteiger partial charge in [-0.2, -0.15) is 4.98 Å². The number of rotatable bonds is 10. The van der Waals surface area contributed by atoms with Crippen molar-refractivity contribution < 1.29 is 9.32 Å². The van der Waals surface area contributed by atoms with Crippen LogP contribution in [0, 0.1) is 0 Å². The van der Waals surface area contributed by atoms with Crippen LogP contribution < -0.4 is 10.6 Å². The molecular formula is C13H24N4O2. The van der Waals surface area contributed by atoms with Crippen molar-refractivity contribution in [3.05, 3.63) is 11.7 Å². The van der Waals surface area contributed by atoms with E-state index < -0.39 is 0 Å². The van der Waals surface area contributed by atoms with Gasteiger partial charge in [-0.3, -0.25) is 4.79 Å². The van der Waals surface area contributed by atoms with Crippen LogP contribution in [-0.2, 0) is 17.6 Å². The van der Waals surface area contributed by atoms with Crippen molar-refractivity contribution in [3.8, 4) is 0 Å². The van der Waals surface area contributed by atoms with Crippen molar-refractivity contribution in [1.29, 1.82) is 0 Å². The topological polar surface area (TPSA) is 80.0 Å². The summed E-state index contributed by atoms with van der Waals surface area (Å²) >= 11 is 0. The number of hydrogen-bond donors (Lipinski definition) is 2. The second kappa shape index (κ2) is 9.49. The SMILES string of the molecule is CCCc1noc(CCCC(=O)NCCNCC)n1. The van der Waals surface area contributed by atoms with Gasteiger partial charge < -0.3 is 15.2 Å². The molecule has 0 unspecified atom stereocenters. The molecular weight excluding hydrogens is 244 g/mol. The van der Waals surface area contributed by atoms with Crippen LogP contribution in [0.5, 0.6) is 0 Å². The number of nitrogens with one attached hydrogen (secondary N) is 2. The summed E-state index contributed by atoms with van der Waals surface area (Å²) in [7, 11) is 0. The maximum Gasteiger partial charge on any atom is 0.226 e. The maximum absolute atomic E-state index is 11.5. The number of carbonyl (C=O) groups is 1. The van der Waals surface area contributed by atoms with Crippen molar-refractivity contribution in [2.24, 2.45) is 0 Å². The smallest absolute Gasteiger partial charge is 0.226 e. The maximum atomic E-state index is 11.5. The molecule has 0 radical (unpaired) electrons. The van der Waals surface area contributed by atoms with Gasteiger partial charge in [0.15, 0.2) is 5.82 Å². The summed E-state index contributed by atoms with van der Waals surface area (Å²) in [6, 6.07) is 0. The zero-order valence-electron chi connectivity index (χ0n) is 11.9. The second-order valence-corrected chi connectivity index (χ2v) is 4.41. The molecule has 0 saturated carbocycles. The average Bonchev–Trinajstić information content (AvgIpc) is 2.83. The van der Waals surface area contributed by atoms with E-state index in [0.29, 0.717) is 25.3 Å². The molecule has 19 heavy (non-hydrogen) atoms. The van der Waals surface area contributed by atoms with E-state index in [1.807, 2.05) is 6.92 Å². The Balaban J connectivity index is 2.10. The van der Waals surface area contributed by atoms with Crippen LogP contribution in [0.25, 0.3) is 0 Å². The predicted molar refractivity (Wildman–Crippen MR) is 72.8 cm³/mol. The van der Waals surface area contributed by atoms with E-state index in [9.17, 15) is 4.79 Å². The first-order chi connectivity index (χ1) is 9.26. The van der Waals surface area contributed by atoms with Crippen LogP contribution in [0.2, 0.25) is 0 Å². The van der Waals surface area contributed by atoms with Gasteiger partial charge in [-0.1, -0.05) is 19.0 Å². The molecule has 108 valence electrons. The lowest BCUT2D eigenvalue weighted by molar-refractivity contribution is -0.121. The Kier molecular flexibility index (Phi) is 7.81. The van der Waals surface area contributed by atoms with Crippen molar-refractivity contribution in [2.45, 2.75) is 46.0 Å². The normalized spacial score (nSPS) is 10.6. The van der Waals surface area contributed by atoms with Gasteiger partial charge in [0, 0.05) is 32.4 Å². The zero-order chi connectivity index (χ0) is 13.9. The summed E-state index contributed by atoms with van der Waals surface area (Å²) in [6.45, 7) is 6.53. The lowest BCUT2D eigenvalue weighted by Gasteiger charge is -2.04. The molecule has 1 rings (SSSR count). The average molecular weight is 268 g/mol. The summed E-state index contributed by atoms with van der Waals surface area (Å²) in [5.41, 5.74) is 0. The van der Waals surface area contributed by atoms with Gasteiger partial charge in [0.2, 0.25) is 11.8 Å². The van der Waals surface area contributed by atoms with Gasteiger partial charge in [0.1, 0.15) is 0 Å². The highest BCUT2D eigenvalue weighted by molar-refractivity contribution is 5.75. The van der Waals surface area contributed by atoms with E-state index in [0.717, 1.165) is 38.2 Å². The van der Waals surface area contributed by atoms with E-state index in [1.165, 1.54) is 0 Å². The standard InChI is InChI=1S/C13H24N4O2/c1-3-6-11-16-13(19-17-11)8-5-7-12(18)15-10-9-14-4-2/h14H,3-10H2,1-2H3,(H,15,18). The van der Waals surface area contributed by atoms with E-state index >= 15 is 0 Å². The summed E-state index contributed by atoms with van der Waals surface area (Å²) in [5.74, 6) is 1.46. The molecule has 0 bridgehead atoms. The number of aryl methyl sites for hydroxylation is 2. The van der Waals surface area contributed by atoms with E-state index in [-0.39, 0.29) is 5.91 Å². The fraction of sp³-hybridized carbons (Fsp3) is 0.769. The van der Waals surface area contributed by atoms with Crippen molar-refractivity contribution in [1.82, 2.24) is 20.8 Å². The number of carbonyl (C=O) groups excluding carboxylic acids is 1. The first kappa shape index (κ1) is 15.6. The molecule has 1 heterocycles. The van der Waals surface area contributed by atoms with E-state index in [1.54, 1.807) is 0 Å². The van der Waals surface area contributed by atoms with Crippen molar-refractivity contribution in [3.63, 3.8) is 0 Å². The summed E-state index contributed by atoms with van der Waals surface area (Å²) in [6.07, 6.45) is 3.75. The third kappa shape index (κ3) is 6.91. The molecule has 6 nitrogen and oxygen atoms in total. The summed E-state index contributed by atoms with van der Waals surface area (Å²) in [5, 5.41) is 9.89. The van der Waals surface area contributed by atoms with Gasteiger partial charge >= 0.3 is 0 Å². The molecule has 0 aliphatic carbocycles. The Labute approximate surface area is 114 Å². The molecule has 1 amide bonds. The van der Waals surface area contributed by atoms with Crippen molar-refractivity contribution in [2.75, 3.05) is 19.6 Å². The Bertz CT molecular complexity index is 365. The Morgan fingerprint density at radius 3 is 2.84 bits per heavy atom. The number of likely N-dealkylation sites (N-methyl/N-ethyl adjacent to an activating group) is 1. The van der Waals surface area contributed by atoms with Crippen LogP contribution in [0.15, 0.2) is 4.52 Å². The van der Waals surface area contributed by atoms with E-state index in [4.69, 9.17) is 4.52 Å². The summed E-state index contributed by atoms with van der Waals surface area (Å²) < 4.78 is 5.11. The quantitative estimate of drug-likeness (QED) is 0.620. The third-order valence-electron chi connectivity index (χ3n) is 2.65. The van der Waals surface area contributed by atoms with Gasteiger partial charge in [-0.15, -0.1) is 0 Å². The summed E-state index contributed by atoms with van der Waals surface area (Å²) in [4.78, 5) is 15.8. The van der Waals surface area contributed by atoms with Gasteiger partial charge in [0.05, 0.1) is 0 Å². The fourth-order valence-electron chi connectivity index (χ4n) is 1.67. The Morgan fingerprint density at radius 2 is 2.11 bits per heavy atom. The zero-order valence-corrected chi connectivity index (χ0v) is 11.9. The number of aromatic nitrogens is 2. The molecule has 0 fully saturated rings. The molecule has 0 aromatic carbocycles. The van der Waals surface area contributed by atoms with Crippen LogP contribution in [-0.4, -0.2) is 35.7 Å². The lowest BCUT2D eigenvalue weighted by atomic mass is 10.2. The molecule has 0 atom stereocenters. The first-order valence-electron chi connectivity index (χ1n) is 7.05. The van der Waals surface area contributed by atoms with Gasteiger partial charge in [-0.25, -0.2) is 0 Å². The molecule has 0 aliphatic rings. The molecule has 6 heteroatoms. The molecule has 0 saturated heterocycles. The van der Waals surface area contributed by atoms with Crippen LogP contribution in [0.4, 0.5) is 0 Å². The minimum atomic E-state index is 0.0752. The highest BCUT2D eigenvalue weighted by atomic mass is 16.5. The Hall–Kier alpha value is -1.43.